The molecule has 0 bridgehead atoms. The molecule has 1 atom stereocenters. The monoisotopic (exact) mass is 320 g/mol. The number of amides is 1. The molecule has 0 saturated heterocycles. The molecule has 1 aromatic rings. The van der Waals surface area contributed by atoms with Crippen molar-refractivity contribution in [3.63, 3.8) is 0 Å². The van der Waals surface area contributed by atoms with Crippen molar-refractivity contribution in [3.8, 4) is 0 Å². The number of hydrogen-bond donors (Lipinski definition) is 1. The van der Waals surface area contributed by atoms with Gasteiger partial charge in [0.2, 0.25) is 15.9 Å². The van der Waals surface area contributed by atoms with Crippen molar-refractivity contribution in [1.29, 1.82) is 0 Å². The quantitative estimate of drug-likeness (QED) is 0.820. The SMILES string of the molecule is CC(C(=O)N(C)c1ccc(S(N)(=O)=O)cc1)S(C)(=O)=O. The summed E-state index contributed by atoms with van der Waals surface area (Å²) in [5, 5.41) is 3.78. The molecule has 7 nitrogen and oxygen atoms in total. The molecular formula is C11H16N2O5S2. The van der Waals surface area contributed by atoms with Crippen molar-refractivity contribution in [2.75, 3.05) is 18.2 Å². The molecule has 0 aliphatic rings. The van der Waals surface area contributed by atoms with Crippen LogP contribution >= 0.6 is 0 Å². The van der Waals surface area contributed by atoms with Crippen LogP contribution in [0.3, 0.4) is 0 Å². The molecule has 0 aromatic heterocycles. The van der Waals surface area contributed by atoms with Gasteiger partial charge in [-0.2, -0.15) is 0 Å². The zero-order valence-corrected chi connectivity index (χ0v) is 12.9. The molecule has 0 spiro atoms. The first-order valence-corrected chi connectivity index (χ1v) is 9.04. The Balaban J connectivity index is 3.05. The number of benzene rings is 1. The van der Waals surface area contributed by atoms with E-state index in [9.17, 15) is 21.6 Å². The predicted molar refractivity (Wildman–Crippen MR) is 75.5 cm³/mol. The average Bonchev–Trinajstić information content (AvgIpc) is 2.34. The molecular weight excluding hydrogens is 304 g/mol. The van der Waals surface area contributed by atoms with Gasteiger partial charge in [0.05, 0.1) is 4.90 Å². The summed E-state index contributed by atoms with van der Waals surface area (Å²) in [5.41, 5.74) is 0.373. The van der Waals surface area contributed by atoms with E-state index in [1.807, 2.05) is 0 Å². The molecule has 0 saturated carbocycles. The van der Waals surface area contributed by atoms with Crippen LogP contribution in [0.25, 0.3) is 0 Å². The molecule has 1 rings (SSSR count). The zero-order valence-electron chi connectivity index (χ0n) is 11.3. The number of primary sulfonamides is 1. The fourth-order valence-corrected chi connectivity index (χ4v) is 2.48. The summed E-state index contributed by atoms with van der Waals surface area (Å²) in [6, 6.07) is 5.26. The van der Waals surface area contributed by atoms with Crippen LogP contribution in [-0.2, 0) is 24.7 Å². The van der Waals surface area contributed by atoms with Crippen molar-refractivity contribution < 1.29 is 21.6 Å². The maximum absolute atomic E-state index is 12.0. The van der Waals surface area contributed by atoms with Crippen molar-refractivity contribution in [1.82, 2.24) is 0 Å². The summed E-state index contributed by atoms with van der Waals surface area (Å²) in [6.45, 7) is 1.30. The zero-order chi connectivity index (χ0) is 15.7. The van der Waals surface area contributed by atoms with E-state index in [0.29, 0.717) is 5.69 Å². The van der Waals surface area contributed by atoms with Crippen molar-refractivity contribution in [3.05, 3.63) is 24.3 Å². The topological polar surface area (TPSA) is 115 Å². The molecule has 20 heavy (non-hydrogen) atoms. The smallest absolute Gasteiger partial charge is 0.244 e. The number of sulfonamides is 1. The van der Waals surface area contributed by atoms with Gasteiger partial charge in [-0.3, -0.25) is 4.79 Å². The van der Waals surface area contributed by atoms with Crippen molar-refractivity contribution in [2.45, 2.75) is 17.1 Å². The molecule has 9 heteroatoms. The van der Waals surface area contributed by atoms with Gasteiger partial charge < -0.3 is 4.90 Å². The molecule has 112 valence electrons. The van der Waals surface area contributed by atoms with E-state index in [0.717, 1.165) is 11.2 Å². The highest BCUT2D eigenvalue weighted by atomic mass is 32.2. The lowest BCUT2D eigenvalue weighted by atomic mass is 10.3. The third-order valence-electron chi connectivity index (χ3n) is 2.87. The minimum absolute atomic E-state index is 0.0849. The number of carbonyl (C=O) groups is 1. The maximum Gasteiger partial charge on any atom is 0.244 e. The number of nitrogens with zero attached hydrogens (tertiary/aromatic N) is 1. The van der Waals surface area contributed by atoms with Gasteiger partial charge in [0, 0.05) is 19.0 Å². The van der Waals surface area contributed by atoms with Crippen LogP contribution in [0, 0.1) is 0 Å². The van der Waals surface area contributed by atoms with Gasteiger partial charge >= 0.3 is 0 Å². The first-order valence-electron chi connectivity index (χ1n) is 5.54. The Hall–Kier alpha value is -1.45. The van der Waals surface area contributed by atoms with Crippen LogP contribution in [0.4, 0.5) is 5.69 Å². The second-order valence-corrected chi connectivity index (χ2v) is 8.34. The standard InChI is InChI=1S/C11H16N2O5S2/c1-8(19(3,15)16)11(14)13(2)9-4-6-10(7-5-9)20(12,17)18/h4-8H,1-3H3,(H2,12,17,18). The highest BCUT2D eigenvalue weighted by molar-refractivity contribution is 7.92. The Morgan fingerprint density at radius 3 is 1.95 bits per heavy atom. The Kier molecular flexibility index (Phi) is 4.57. The fraction of sp³-hybridized carbons (Fsp3) is 0.364. The van der Waals surface area contributed by atoms with Gasteiger partial charge in [-0.1, -0.05) is 0 Å². The number of rotatable bonds is 4. The molecule has 0 aliphatic carbocycles. The Bertz CT molecular complexity index is 708. The van der Waals surface area contributed by atoms with Gasteiger partial charge in [0.15, 0.2) is 9.84 Å². The summed E-state index contributed by atoms with van der Waals surface area (Å²) in [5.74, 6) is -0.601. The lowest BCUT2D eigenvalue weighted by molar-refractivity contribution is -0.117. The second-order valence-electron chi connectivity index (χ2n) is 4.41. The first kappa shape index (κ1) is 16.6. The number of hydrogen-bond acceptors (Lipinski definition) is 5. The van der Waals surface area contributed by atoms with Crippen LogP contribution in [0.2, 0.25) is 0 Å². The number of carbonyl (C=O) groups excluding carboxylic acids is 1. The van der Waals surface area contributed by atoms with E-state index in [4.69, 9.17) is 5.14 Å². The molecule has 1 aromatic carbocycles. The first-order chi connectivity index (χ1) is 8.94. The average molecular weight is 320 g/mol. The van der Waals surface area contributed by atoms with E-state index >= 15 is 0 Å². The highest BCUT2D eigenvalue weighted by Gasteiger charge is 2.27. The van der Waals surface area contributed by atoms with Crippen LogP contribution in [0.5, 0.6) is 0 Å². The van der Waals surface area contributed by atoms with Gasteiger partial charge in [-0.05, 0) is 31.2 Å². The molecule has 0 heterocycles. The third-order valence-corrected chi connectivity index (χ3v) is 5.29. The Labute approximate surface area is 118 Å². The van der Waals surface area contributed by atoms with Crippen LogP contribution < -0.4 is 10.0 Å². The maximum atomic E-state index is 12.0. The summed E-state index contributed by atoms with van der Waals surface area (Å²) in [6.07, 6.45) is 0.980. The minimum Gasteiger partial charge on any atom is -0.314 e. The molecule has 0 aliphatic heterocycles. The van der Waals surface area contributed by atoms with E-state index in [-0.39, 0.29) is 4.90 Å². The highest BCUT2D eigenvalue weighted by Crippen LogP contribution is 2.18. The van der Waals surface area contributed by atoms with Crippen molar-refractivity contribution in [2.24, 2.45) is 5.14 Å². The number of nitrogens with two attached hydrogens (primary N) is 1. The number of sulfone groups is 1. The Morgan fingerprint density at radius 2 is 1.60 bits per heavy atom. The largest absolute Gasteiger partial charge is 0.314 e. The Morgan fingerprint density at radius 1 is 1.15 bits per heavy atom. The van der Waals surface area contributed by atoms with Crippen molar-refractivity contribution >= 4 is 31.5 Å². The normalized spacial score (nSPS) is 13.8. The lowest BCUT2D eigenvalue weighted by Crippen LogP contribution is -2.38. The molecule has 0 fully saturated rings. The number of anilines is 1. The summed E-state index contributed by atoms with van der Waals surface area (Å²) < 4.78 is 44.9. The van der Waals surface area contributed by atoms with Gasteiger partial charge in [0.1, 0.15) is 5.25 Å². The lowest BCUT2D eigenvalue weighted by Gasteiger charge is -2.20. The van der Waals surface area contributed by atoms with E-state index in [1.54, 1.807) is 0 Å². The third kappa shape index (κ3) is 3.78. The predicted octanol–water partition coefficient (Wildman–Crippen LogP) is -0.270. The molecule has 1 amide bonds. The van der Waals surface area contributed by atoms with Gasteiger partial charge in [0.25, 0.3) is 0 Å². The van der Waals surface area contributed by atoms with E-state index < -0.39 is 31.0 Å². The summed E-state index contributed by atoms with van der Waals surface area (Å²) in [7, 11) is -5.89. The second kappa shape index (κ2) is 5.51. The summed E-state index contributed by atoms with van der Waals surface area (Å²) >= 11 is 0. The van der Waals surface area contributed by atoms with Crippen LogP contribution in [0.1, 0.15) is 6.92 Å². The molecule has 1 unspecified atom stereocenters. The van der Waals surface area contributed by atoms with Crippen LogP contribution in [0.15, 0.2) is 29.2 Å². The minimum atomic E-state index is -3.80. The fourth-order valence-electron chi connectivity index (χ4n) is 1.44. The van der Waals surface area contributed by atoms with E-state index in [1.165, 1.54) is 38.2 Å². The van der Waals surface area contributed by atoms with Gasteiger partial charge in [-0.15, -0.1) is 0 Å². The van der Waals surface area contributed by atoms with Gasteiger partial charge in [-0.25, -0.2) is 22.0 Å². The van der Waals surface area contributed by atoms with Crippen LogP contribution in [-0.4, -0.2) is 41.3 Å². The van der Waals surface area contributed by atoms with E-state index in [2.05, 4.69) is 0 Å². The molecule has 2 N–H and O–H groups in total. The summed E-state index contributed by atoms with van der Waals surface area (Å²) in [4.78, 5) is 13.0. The molecule has 0 radical (unpaired) electrons.